The lowest BCUT2D eigenvalue weighted by Gasteiger charge is -2.20. The largest absolute Gasteiger partial charge is 0.345 e. The van der Waals surface area contributed by atoms with E-state index in [4.69, 9.17) is 0 Å². The van der Waals surface area contributed by atoms with Gasteiger partial charge in [0.05, 0.1) is 11.7 Å². The van der Waals surface area contributed by atoms with Crippen LogP contribution in [-0.2, 0) is 27.3 Å². The number of unbranched alkanes of at least 4 members (excludes halogenated alkanes) is 1. The molecule has 1 amide bonds. The topological polar surface area (TPSA) is 106 Å². The van der Waals surface area contributed by atoms with Crippen molar-refractivity contribution in [3.63, 3.8) is 0 Å². The summed E-state index contributed by atoms with van der Waals surface area (Å²) in [5, 5.41) is 11.0. The first-order chi connectivity index (χ1) is 12.9. The quantitative estimate of drug-likeness (QED) is 0.111. The zero-order valence-corrected chi connectivity index (χ0v) is 20.0. The average molecular weight is 603 g/mol. The van der Waals surface area contributed by atoms with Crippen LogP contribution in [0.5, 0.6) is 0 Å². The highest BCUT2D eigenvalue weighted by molar-refractivity contribution is 14.1. The molecule has 27 heavy (non-hydrogen) atoms. The maximum Gasteiger partial charge on any atom is 0.221 e. The SMILES string of the molecule is CC[C@H](C)[C@H](NC(=O)CCc1cn(CCCC[C@@H](C=O)NI)nn1)C(=O)I. The Morgan fingerprint density at radius 2 is 2.11 bits per heavy atom. The number of nitrogens with zero attached hydrogens (tertiary/aromatic N) is 3. The molecule has 0 unspecified atom stereocenters. The van der Waals surface area contributed by atoms with Gasteiger partial charge in [0.2, 0.25) is 9.70 Å². The van der Waals surface area contributed by atoms with E-state index in [1.54, 1.807) is 27.3 Å². The van der Waals surface area contributed by atoms with Crippen molar-refractivity contribution in [2.75, 3.05) is 0 Å². The van der Waals surface area contributed by atoms with Gasteiger partial charge in [-0.2, -0.15) is 0 Å². The van der Waals surface area contributed by atoms with Crippen LogP contribution in [0, 0.1) is 5.92 Å². The Balaban J connectivity index is 2.36. The smallest absolute Gasteiger partial charge is 0.221 e. The first-order valence-electron chi connectivity index (χ1n) is 9.10. The third-order valence-electron chi connectivity index (χ3n) is 4.43. The standard InChI is InChI=1S/C17H27I2N5O3/c1-3-12(2)16(17(18)27)20-15(26)8-7-13-10-24(23-22-13)9-5-4-6-14(11-25)21-19/h10-12,14,16,21H,3-9H2,1-2H3,(H,20,26)/t12-,14-,16-/m0/s1. The van der Waals surface area contributed by atoms with Gasteiger partial charge in [-0.25, -0.2) is 0 Å². The van der Waals surface area contributed by atoms with Crippen LogP contribution in [0.2, 0.25) is 0 Å². The predicted molar refractivity (Wildman–Crippen MR) is 120 cm³/mol. The van der Waals surface area contributed by atoms with Crippen molar-refractivity contribution in [3.8, 4) is 0 Å². The number of nitrogens with one attached hydrogen (secondary N) is 2. The van der Waals surface area contributed by atoms with E-state index in [0.717, 1.165) is 44.2 Å². The van der Waals surface area contributed by atoms with E-state index in [0.29, 0.717) is 6.42 Å². The number of aldehydes is 1. The second-order valence-electron chi connectivity index (χ2n) is 6.56. The summed E-state index contributed by atoms with van der Waals surface area (Å²) in [5.41, 5.74) is 0.755. The van der Waals surface area contributed by atoms with E-state index >= 15 is 0 Å². The van der Waals surface area contributed by atoms with Crippen molar-refractivity contribution in [1.29, 1.82) is 0 Å². The van der Waals surface area contributed by atoms with Crippen molar-refractivity contribution >= 4 is 61.4 Å². The van der Waals surface area contributed by atoms with Crippen molar-refractivity contribution in [2.45, 2.75) is 71.0 Å². The van der Waals surface area contributed by atoms with E-state index in [1.165, 1.54) is 0 Å². The molecule has 0 aliphatic rings. The van der Waals surface area contributed by atoms with E-state index < -0.39 is 6.04 Å². The van der Waals surface area contributed by atoms with Gasteiger partial charge in [-0.3, -0.25) is 17.8 Å². The minimum Gasteiger partial charge on any atom is -0.345 e. The molecule has 0 bridgehead atoms. The first-order valence-corrected chi connectivity index (χ1v) is 11.3. The van der Waals surface area contributed by atoms with Gasteiger partial charge in [0, 0.05) is 71.0 Å². The Morgan fingerprint density at radius 1 is 1.37 bits per heavy atom. The molecule has 0 saturated carbocycles. The molecule has 1 heterocycles. The maximum atomic E-state index is 12.1. The summed E-state index contributed by atoms with van der Waals surface area (Å²) in [6.07, 6.45) is 6.97. The fourth-order valence-electron chi connectivity index (χ4n) is 2.49. The summed E-state index contributed by atoms with van der Waals surface area (Å²) in [6, 6.07) is -0.546. The molecule has 2 N–H and O–H groups in total. The van der Waals surface area contributed by atoms with Gasteiger partial charge in [-0.1, -0.05) is 25.5 Å². The maximum absolute atomic E-state index is 12.1. The van der Waals surface area contributed by atoms with Crippen LogP contribution < -0.4 is 8.85 Å². The molecule has 0 saturated heterocycles. The fourth-order valence-corrected chi connectivity index (χ4v) is 3.72. The highest BCUT2D eigenvalue weighted by Crippen LogP contribution is 2.12. The summed E-state index contributed by atoms with van der Waals surface area (Å²) in [4.78, 5) is 34.6. The van der Waals surface area contributed by atoms with E-state index in [1.807, 2.05) is 42.9 Å². The highest BCUT2D eigenvalue weighted by Gasteiger charge is 2.23. The Kier molecular flexibility index (Phi) is 12.2. The van der Waals surface area contributed by atoms with E-state index in [-0.39, 0.29) is 28.1 Å². The lowest BCUT2D eigenvalue weighted by atomic mass is 10.0. The van der Waals surface area contributed by atoms with Crippen LogP contribution in [0.3, 0.4) is 0 Å². The average Bonchev–Trinajstić information content (AvgIpc) is 3.11. The van der Waals surface area contributed by atoms with Crippen molar-refractivity contribution in [2.24, 2.45) is 5.92 Å². The van der Waals surface area contributed by atoms with Crippen LogP contribution in [0.1, 0.15) is 51.6 Å². The molecule has 1 rings (SSSR count). The number of aryl methyl sites for hydroxylation is 2. The fraction of sp³-hybridized carbons (Fsp3) is 0.706. The molecule has 0 aliphatic carbocycles. The monoisotopic (exact) mass is 603 g/mol. The van der Waals surface area contributed by atoms with Crippen molar-refractivity contribution in [3.05, 3.63) is 11.9 Å². The molecule has 0 radical (unpaired) electrons. The van der Waals surface area contributed by atoms with Gasteiger partial charge in [0.15, 0.2) is 0 Å². The molecule has 1 aromatic rings. The zero-order chi connectivity index (χ0) is 20.2. The summed E-state index contributed by atoms with van der Waals surface area (Å²) < 4.78 is 4.64. The van der Waals surface area contributed by atoms with Crippen LogP contribution in [0.25, 0.3) is 0 Å². The van der Waals surface area contributed by atoms with Gasteiger partial charge in [0.25, 0.3) is 0 Å². The molecule has 8 nitrogen and oxygen atoms in total. The number of carbonyl (C=O) groups excluding carboxylic acids is 3. The summed E-state index contributed by atoms with van der Waals surface area (Å²) >= 11 is 3.73. The lowest BCUT2D eigenvalue weighted by Crippen LogP contribution is -2.43. The zero-order valence-electron chi connectivity index (χ0n) is 15.7. The molecule has 152 valence electrons. The second kappa shape index (κ2) is 13.5. The van der Waals surface area contributed by atoms with Gasteiger partial charge < -0.3 is 10.1 Å². The third kappa shape index (κ3) is 9.41. The highest BCUT2D eigenvalue weighted by atomic mass is 127. The number of hydrogen-bond donors (Lipinski definition) is 2. The normalized spacial score (nSPS) is 14.4. The third-order valence-corrected chi connectivity index (χ3v) is 5.90. The molecule has 0 aliphatic heterocycles. The van der Waals surface area contributed by atoms with Crippen LogP contribution in [0.15, 0.2) is 6.20 Å². The molecule has 10 heteroatoms. The number of carbonyl (C=O) groups is 3. The number of rotatable bonds is 14. The number of aromatic nitrogens is 3. The van der Waals surface area contributed by atoms with E-state index in [9.17, 15) is 14.4 Å². The number of amides is 1. The van der Waals surface area contributed by atoms with Gasteiger partial charge in [0.1, 0.15) is 12.3 Å². The molecular formula is C17H27I2N5O3. The lowest BCUT2D eigenvalue weighted by molar-refractivity contribution is -0.125. The molecule has 0 aromatic carbocycles. The molecule has 0 spiro atoms. The molecule has 0 fully saturated rings. The summed E-state index contributed by atoms with van der Waals surface area (Å²) in [5.74, 6) is -0.0356. The van der Waals surface area contributed by atoms with Gasteiger partial charge >= 0.3 is 0 Å². The second-order valence-corrected chi connectivity index (χ2v) is 8.24. The predicted octanol–water partition coefficient (Wildman–Crippen LogP) is 2.38. The van der Waals surface area contributed by atoms with Crippen LogP contribution in [-0.4, -0.2) is 43.1 Å². The Hall–Kier alpha value is -0.630. The Bertz CT molecular complexity index is 611. The number of halogens is 2. The Labute approximate surface area is 187 Å². The summed E-state index contributed by atoms with van der Waals surface area (Å²) in [7, 11) is 0. The van der Waals surface area contributed by atoms with Crippen molar-refractivity contribution in [1.82, 2.24) is 23.8 Å². The number of hydrogen-bond acceptors (Lipinski definition) is 6. The first kappa shape index (κ1) is 24.4. The van der Waals surface area contributed by atoms with Crippen molar-refractivity contribution < 1.29 is 14.4 Å². The Morgan fingerprint density at radius 3 is 2.70 bits per heavy atom. The minimum absolute atomic E-state index is 0.0455. The van der Waals surface area contributed by atoms with Gasteiger partial charge in [-0.15, -0.1) is 5.10 Å². The molecular weight excluding hydrogens is 576 g/mol. The molecule has 1 aromatic heterocycles. The van der Waals surface area contributed by atoms with Crippen LogP contribution >= 0.6 is 45.5 Å². The molecule has 3 atom stereocenters. The minimum atomic E-state index is -0.439. The van der Waals surface area contributed by atoms with Gasteiger partial charge in [-0.05, 0) is 25.2 Å². The van der Waals surface area contributed by atoms with Crippen LogP contribution in [0.4, 0.5) is 0 Å². The summed E-state index contributed by atoms with van der Waals surface area (Å²) in [6.45, 7) is 4.69. The van der Waals surface area contributed by atoms with E-state index in [2.05, 4.69) is 19.2 Å².